The second kappa shape index (κ2) is 14.8. The molecule has 2 amide bonds. The Bertz CT molecular complexity index is 1740. The molecule has 0 fully saturated rings. The third-order valence-electron chi connectivity index (χ3n) is 7.51. The summed E-state index contributed by atoms with van der Waals surface area (Å²) in [6.45, 7) is 8.82. The van der Waals surface area contributed by atoms with E-state index in [1.807, 2.05) is 83.1 Å². The van der Waals surface area contributed by atoms with Gasteiger partial charge in [-0.1, -0.05) is 95.5 Å². The average molecular weight is 646 g/mol. The van der Waals surface area contributed by atoms with E-state index in [2.05, 4.69) is 5.32 Å². The molecular weight excluding hydrogens is 606 g/mol. The molecule has 4 aromatic carbocycles. The van der Waals surface area contributed by atoms with Crippen molar-refractivity contribution < 1.29 is 18.0 Å². The fourth-order valence-corrected chi connectivity index (χ4v) is 6.86. The molecule has 0 saturated heterocycles. The smallest absolute Gasteiger partial charge is 0.264 e. The lowest BCUT2D eigenvalue weighted by Gasteiger charge is -2.34. The lowest BCUT2D eigenvalue weighted by atomic mass is 10.0. The standard InChI is InChI=1S/C36H40ClN3O4S/c1-25(2)38-36(42)34(22-29-11-7-6-8-12-29)39(23-30-13-9-10-14-32(30)37)35(41)24-40(33-20-17-27(4)21-28(33)5)45(43,44)31-18-15-26(3)16-19-31/h6-21,25,34H,22-24H2,1-5H3,(H,38,42)/t34-/m1/s1. The fourth-order valence-electron chi connectivity index (χ4n) is 5.18. The Balaban J connectivity index is 1.84. The molecule has 0 aliphatic rings. The summed E-state index contributed by atoms with van der Waals surface area (Å²) in [6, 6.07) is 27.4. The number of halogens is 1. The van der Waals surface area contributed by atoms with Crippen LogP contribution in [0, 0.1) is 20.8 Å². The molecule has 9 heteroatoms. The predicted molar refractivity (Wildman–Crippen MR) is 181 cm³/mol. The number of hydrogen-bond acceptors (Lipinski definition) is 4. The van der Waals surface area contributed by atoms with Crippen molar-refractivity contribution in [2.24, 2.45) is 0 Å². The van der Waals surface area contributed by atoms with Gasteiger partial charge in [0, 0.05) is 24.0 Å². The third kappa shape index (κ3) is 8.53. The highest BCUT2D eigenvalue weighted by Gasteiger charge is 2.35. The summed E-state index contributed by atoms with van der Waals surface area (Å²) in [6.07, 6.45) is 0.226. The highest BCUT2D eigenvalue weighted by molar-refractivity contribution is 7.92. The molecule has 236 valence electrons. The number of sulfonamides is 1. The maximum absolute atomic E-state index is 14.6. The number of amides is 2. The van der Waals surface area contributed by atoms with E-state index in [9.17, 15) is 18.0 Å². The summed E-state index contributed by atoms with van der Waals surface area (Å²) in [5, 5.41) is 3.40. The van der Waals surface area contributed by atoms with Crippen LogP contribution in [-0.4, -0.2) is 43.8 Å². The van der Waals surface area contributed by atoms with E-state index >= 15 is 0 Å². The number of anilines is 1. The van der Waals surface area contributed by atoms with Gasteiger partial charge in [-0.25, -0.2) is 8.42 Å². The molecule has 4 aromatic rings. The normalized spacial score (nSPS) is 12.1. The minimum absolute atomic E-state index is 0.00677. The first-order valence-electron chi connectivity index (χ1n) is 14.9. The van der Waals surface area contributed by atoms with Crippen LogP contribution in [0.2, 0.25) is 5.02 Å². The van der Waals surface area contributed by atoms with Crippen molar-refractivity contribution in [2.45, 2.75) is 64.6 Å². The van der Waals surface area contributed by atoms with Crippen molar-refractivity contribution >= 4 is 39.1 Å². The summed E-state index contributed by atoms with van der Waals surface area (Å²) in [5.41, 5.74) is 4.46. The second-order valence-corrected chi connectivity index (χ2v) is 13.9. The van der Waals surface area contributed by atoms with Crippen LogP contribution < -0.4 is 9.62 Å². The molecule has 0 bridgehead atoms. The maximum atomic E-state index is 14.6. The molecule has 0 aliphatic carbocycles. The molecule has 0 unspecified atom stereocenters. The number of nitrogens with one attached hydrogen (secondary N) is 1. The van der Waals surface area contributed by atoms with Crippen LogP contribution in [-0.2, 0) is 32.6 Å². The zero-order valence-corrected chi connectivity index (χ0v) is 27.9. The van der Waals surface area contributed by atoms with Gasteiger partial charge in [-0.05, 0) is 75.6 Å². The van der Waals surface area contributed by atoms with E-state index < -0.39 is 28.5 Å². The van der Waals surface area contributed by atoms with Gasteiger partial charge in [0.15, 0.2) is 0 Å². The zero-order chi connectivity index (χ0) is 32.7. The van der Waals surface area contributed by atoms with Crippen LogP contribution in [0.15, 0.2) is 102 Å². The van der Waals surface area contributed by atoms with Gasteiger partial charge in [0.05, 0.1) is 10.6 Å². The minimum Gasteiger partial charge on any atom is -0.352 e. The SMILES string of the molecule is Cc1ccc(S(=O)(=O)N(CC(=O)N(Cc2ccccc2Cl)[C@H](Cc2ccccc2)C(=O)NC(C)C)c2ccc(C)cc2C)cc1. The van der Waals surface area contributed by atoms with Crippen molar-refractivity contribution in [3.05, 3.63) is 130 Å². The largest absolute Gasteiger partial charge is 0.352 e. The van der Waals surface area contributed by atoms with E-state index in [1.165, 1.54) is 4.90 Å². The first kappa shape index (κ1) is 33.7. The zero-order valence-electron chi connectivity index (χ0n) is 26.3. The Morgan fingerprint density at radius 1 is 0.822 bits per heavy atom. The van der Waals surface area contributed by atoms with Crippen molar-refractivity contribution in [3.63, 3.8) is 0 Å². The molecule has 0 spiro atoms. The molecule has 7 nitrogen and oxygen atoms in total. The van der Waals surface area contributed by atoms with Crippen molar-refractivity contribution in [3.8, 4) is 0 Å². The molecule has 45 heavy (non-hydrogen) atoms. The van der Waals surface area contributed by atoms with Crippen molar-refractivity contribution in [2.75, 3.05) is 10.8 Å². The summed E-state index contributed by atoms with van der Waals surface area (Å²) >= 11 is 6.56. The lowest BCUT2D eigenvalue weighted by molar-refractivity contribution is -0.140. The van der Waals surface area contributed by atoms with Crippen LogP contribution >= 0.6 is 11.6 Å². The van der Waals surface area contributed by atoms with Gasteiger partial charge < -0.3 is 10.2 Å². The number of carbonyl (C=O) groups excluding carboxylic acids is 2. The van der Waals surface area contributed by atoms with Gasteiger partial charge in [0.25, 0.3) is 10.0 Å². The first-order chi connectivity index (χ1) is 21.4. The van der Waals surface area contributed by atoms with Gasteiger partial charge in [0.2, 0.25) is 11.8 Å². The summed E-state index contributed by atoms with van der Waals surface area (Å²) in [4.78, 5) is 29.9. The maximum Gasteiger partial charge on any atom is 0.264 e. The predicted octanol–water partition coefficient (Wildman–Crippen LogP) is 6.63. The summed E-state index contributed by atoms with van der Waals surface area (Å²) in [7, 11) is -4.18. The average Bonchev–Trinajstić information content (AvgIpc) is 2.99. The molecule has 0 heterocycles. The highest BCUT2D eigenvalue weighted by Crippen LogP contribution is 2.29. The number of benzene rings is 4. The van der Waals surface area contributed by atoms with E-state index in [0.717, 1.165) is 21.0 Å². The first-order valence-corrected chi connectivity index (χ1v) is 16.7. The van der Waals surface area contributed by atoms with E-state index in [1.54, 1.807) is 48.5 Å². The van der Waals surface area contributed by atoms with E-state index in [4.69, 9.17) is 11.6 Å². The number of aryl methyl sites for hydroxylation is 3. The minimum atomic E-state index is -4.18. The molecule has 0 aromatic heterocycles. The Kier molecular flexibility index (Phi) is 11.1. The van der Waals surface area contributed by atoms with Crippen LogP contribution in [0.4, 0.5) is 5.69 Å². The van der Waals surface area contributed by atoms with Crippen LogP contribution in [0.3, 0.4) is 0 Å². The number of nitrogens with zero attached hydrogens (tertiary/aromatic N) is 2. The lowest BCUT2D eigenvalue weighted by Crippen LogP contribution is -2.54. The van der Waals surface area contributed by atoms with Crippen molar-refractivity contribution in [1.82, 2.24) is 10.2 Å². The molecule has 0 radical (unpaired) electrons. The number of carbonyl (C=O) groups is 2. The van der Waals surface area contributed by atoms with Gasteiger partial charge in [-0.2, -0.15) is 0 Å². The Morgan fingerprint density at radius 2 is 1.44 bits per heavy atom. The highest BCUT2D eigenvalue weighted by atomic mass is 35.5. The Labute approximate surface area is 271 Å². The Morgan fingerprint density at radius 3 is 2.07 bits per heavy atom. The van der Waals surface area contributed by atoms with E-state index in [0.29, 0.717) is 21.8 Å². The van der Waals surface area contributed by atoms with Crippen LogP contribution in [0.1, 0.15) is 41.7 Å². The molecule has 1 atom stereocenters. The molecule has 0 saturated carbocycles. The topological polar surface area (TPSA) is 86.8 Å². The van der Waals surface area contributed by atoms with E-state index in [-0.39, 0.29) is 29.8 Å². The summed E-state index contributed by atoms with van der Waals surface area (Å²) < 4.78 is 29.6. The van der Waals surface area contributed by atoms with Gasteiger partial charge >= 0.3 is 0 Å². The molecule has 0 aliphatic heterocycles. The third-order valence-corrected chi connectivity index (χ3v) is 9.65. The van der Waals surface area contributed by atoms with Crippen LogP contribution in [0.5, 0.6) is 0 Å². The monoisotopic (exact) mass is 645 g/mol. The van der Waals surface area contributed by atoms with Gasteiger partial charge in [0.1, 0.15) is 12.6 Å². The number of hydrogen-bond donors (Lipinski definition) is 1. The van der Waals surface area contributed by atoms with Crippen LogP contribution in [0.25, 0.3) is 0 Å². The summed E-state index contributed by atoms with van der Waals surface area (Å²) in [5.74, 6) is -0.876. The molecule has 1 N–H and O–H groups in total. The second-order valence-electron chi connectivity index (χ2n) is 11.6. The van der Waals surface area contributed by atoms with Gasteiger partial charge in [-0.3, -0.25) is 13.9 Å². The Hall–Kier alpha value is -4.14. The quantitative estimate of drug-likeness (QED) is 0.188. The number of rotatable bonds is 12. The van der Waals surface area contributed by atoms with Gasteiger partial charge in [-0.15, -0.1) is 0 Å². The van der Waals surface area contributed by atoms with Crippen molar-refractivity contribution in [1.29, 1.82) is 0 Å². The molecular formula is C36H40ClN3O4S. The molecule has 4 rings (SSSR count). The fraction of sp³-hybridized carbons (Fsp3) is 0.278.